The Morgan fingerprint density at radius 3 is 2.63 bits per heavy atom. The van der Waals surface area contributed by atoms with E-state index in [9.17, 15) is 9.59 Å². The first-order chi connectivity index (χ1) is 17.1. The fourth-order valence-electron chi connectivity index (χ4n) is 4.41. The molecule has 0 aliphatic carbocycles. The van der Waals surface area contributed by atoms with Gasteiger partial charge < -0.3 is 14.5 Å². The number of amides is 2. The number of fused-ring (bicyclic) bond motifs is 1. The van der Waals surface area contributed by atoms with Crippen molar-refractivity contribution in [3.8, 4) is 0 Å². The molecule has 0 radical (unpaired) electrons. The van der Waals surface area contributed by atoms with Crippen LogP contribution in [0, 0.1) is 0 Å². The summed E-state index contributed by atoms with van der Waals surface area (Å²) in [7, 11) is 0. The van der Waals surface area contributed by atoms with E-state index in [0.29, 0.717) is 29.4 Å². The summed E-state index contributed by atoms with van der Waals surface area (Å²) in [6, 6.07) is 14.6. The summed E-state index contributed by atoms with van der Waals surface area (Å²) in [5.41, 5.74) is 1.89. The molecule has 5 rings (SSSR count). The molecule has 0 bridgehead atoms. The first-order valence-corrected chi connectivity index (χ1v) is 12.1. The number of halogens is 1. The van der Waals surface area contributed by atoms with Crippen LogP contribution in [-0.2, 0) is 11.3 Å². The van der Waals surface area contributed by atoms with E-state index in [4.69, 9.17) is 11.6 Å². The van der Waals surface area contributed by atoms with Crippen LogP contribution in [-0.4, -0.2) is 75.4 Å². The number of anilines is 1. The highest BCUT2D eigenvalue weighted by Crippen LogP contribution is 2.27. The van der Waals surface area contributed by atoms with Crippen molar-refractivity contribution in [1.82, 2.24) is 24.3 Å². The molecule has 0 spiro atoms. The van der Waals surface area contributed by atoms with E-state index in [1.165, 1.54) is 4.90 Å². The number of para-hydroxylation sites is 1. The van der Waals surface area contributed by atoms with Crippen molar-refractivity contribution in [2.24, 2.45) is 0 Å². The minimum absolute atomic E-state index is 0.0691. The third kappa shape index (κ3) is 5.23. The van der Waals surface area contributed by atoms with Crippen molar-refractivity contribution >= 4 is 40.0 Å². The van der Waals surface area contributed by atoms with Gasteiger partial charge in [-0.25, -0.2) is 4.98 Å². The van der Waals surface area contributed by atoms with Crippen LogP contribution >= 0.6 is 11.6 Å². The summed E-state index contributed by atoms with van der Waals surface area (Å²) in [5.74, 6) is -0.351. The summed E-state index contributed by atoms with van der Waals surface area (Å²) >= 11 is 6.46. The lowest BCUT2D eigenvalue weighted by Gasteiger charge is -2.36. The minimum Gasteiger partial charge on any atom is -0.361 e. The lowest BCUT2D eigenvalue weighted by atomic mass is 10.1. The standard InChI is InChI=1S/C26H27ClN6O2/c27-22-3-1-2-4-24(22)33(26(35)21-6-5-20-7-8-29-23(20)17-21)18-25(34)32-15-13-30(14-16-32)11-12-31-10-9-28-19-31/h1-10,17,19,29H,11-16,18H2. The second-order valence-electron chi connectivity index (χ2n) is 8.65. The van der Waals surface area contributed by atoms with Gasteiger partial charge >= 0.3 is 0 Å². The van der Waals surface area contributed by atoms with Crippen LogP contribution in [0.5, 0.6) is 0 Å². The zero-order valence-corrected chi connectivity index (χ0v) is 20.1. The molecule has 1 fully saturated rings. The van der Waals surface area contributed by atoms with Crippen molar-refractivity contribution in [2.75, 3.05) is 44.2 Å². The van der Waals surface area contributed by atoms with E-state index in [1.807, 2.05) is 54.0 Å². The highest BCUT2D eigenvalue weighted by Gasteiger charge is 2.27. The smallest absolute Gasteiger partial charge is 0.258 e. The number of nitrogens with zero attached hydrogens (tertiary/aromatic N) is 5. The Bertz CT molecular complexity index is 1310. The number of nitrogens with one attached hydrogen (secondary N) is 1. The van der Waals surface area contributed by atoms with Gasteiger partial charge in [-0.3, -0.25) is 19.4 Å². The van der Waals surface area contributed by atoms with E-state index >= 15 is 0 Å². The van der Waals surface area contributed by atoms with Crippen molar-refractivity contribution in [3.05, 3.63) is 84.0 Å². The molecular weight excluding hydrogens is 464 g/mol. The van der Waals surface area contributed by atoms with Gasteiger partial charge in [-0.1, -0.05) is 29.8 Å². The largest absolute Gasteiger partial charge is 0.361 e. The Labute approximate surface area is 208 Å². The summed E-state index contributed by atoms with van der Waals surface area (Å²) in [6.07, 6.45) is 7.38. The first-order valence-electron chi connectivity index (χ1n) is 11.7. The molecule has 9 heteroatoms. The maximum absolute atomic E-state index is 13.6. The Morgan fingerprint density at radius 2 is 1.86 bits per heavy atom. The highest BCUT2D eigenvalue weighted by molar-refractivity contribution is 6.34. The van der Waals surface area contributed by atoms with Gasteiger partial charge in [0.1, 0.15) is 6.54 Å². The van der Waals surface area contributed by atoms with Crippen LogP contribution in [0.15, 0.2) is 73.4 Å². The van der Waals surface area contributed by atoms with E-state index in [1.54, 1.807) is 24.4 Å². The average molecular weight is 491 g/mol. The summed E-state index contributed by atoms with van der Waals surface area (Å²) in [5, 5.41) is 1.45. The Kier molecular flexibility index (Phi) is 6.83. The number of hydrogen-bond acceptors (Lipinski definition) is 4. The number of hydrogen-bond donors (Lipinski definition) is 1. The molecule has 1 N–H and O–H groups in total. The number of rotatable bonds is 7. The fourth-order valence-corrected chi connectivity index (χ4v) is 4.64. The number of benzene rings is 2. The molecule has 0 unspecified atom stereocenters. The van der Waals surface area contributed by atoms with E-state index in [0.717, 1.165) is 37.1 Å². The van der Waals surface area contributed by atoms with Gasteiger partial charge in [0.2, 0.25) is 5.91 Å². The van der Waals surface area contributed by atoms with E-state index in [2.05, 4.69) is 19.4 Å². The molecule has 1 aliphatic rings. The van der Waals surface area contributed by atoms with Crippen LogP contribution < -0.4 is 4.90 Å². The number of carbonyl (C=O) groups is 2. The molecule has 2 aromatic heterocycles. The zero-order valence-electron chi connectivity index (χ0n) is 19.3. The molecule has 0 saturated carbocycles. The van der Waals surface area contributed by atoms with Gasteiger partial charge in [0.05, 0.1) is 17.0 Å². The van der Waals surface area contributed by atoms with Gasteiger partial charge in [0, 0.05) is 68.9 Å². The van der Waals surface area contributed by atoms with Gasteiger partial charge in [0.15, 0.2) is 0 Å². The van der Waals surface area contributed by atoms with Gasteiger partial charge in [-0.05, 0) is 35.7 Å². The third-order valence-electron chi connectivity index (χ3n) is 6.44. The van der Waals surface area contributed by atoms with E-state index < -0.39 is 0 Å². The highest BCUT2D eigenvalue weighted by atomic mass is 35.5. The van der Waals surface area contributed by atoms with Crippen LogP contribution in [0.3, 0.4) is 0 Å². The van der Waals surface area contributed by atoms with Crippen molar-refractivity contribution in [1.29, 1.82) is 0 Å². The molecule has 180 valence electrons. The maximum Gasteiger partial charge on any atom is 0.258 e. The SMILES string of the molecule is O=C(CN(C(=O)c1ccc2cc[nH]c2c1)c1ccccc1Cl)N1CCN(CCn2ccnc2)CC1. The van der Waals surface area contributed by atoms with Gasteiger partial charge in [-0.15, -0.1) is 0 Å². The number of imidazole rings is 1. The molecule has 3 heterocycles. The molecule has 1 saturated heterocycles. The van der Waals surface area contributed by atoms with Crippen LogP contribution in [0.4, 0.5) is 5.69 Å². The van der Waals surface area contributed by atoms with Gasteiger partial charge in [0.25, 0.3) is 5.91 Å². The minimum atomic E-state index is -0.262. The number of carbonyl (C=O) groups excluding carboxylic acids is 2. The maximum atomic E-state index is 13.6. The summed E-state index contributed by atoms with van der Waals surface area (Å²) < 4.78 is 2.05. The number of aromatic nitrogens is 3. The molecule has 0 atom stereocenters. The first kappa shape index (κ1) is 23.1. The van der Waals surface area contributed by atoms with Crippen molar-refractivity contribution in [2.45, 2.75) is 6.54 Å². The molecule has 1 aliphatic heterocycles. The monoisotopic (exact) mass is 490 g/mol. The molecule has 8 nitrogen and oxygen atoms in total. The Morgan fingerprint density at radius 1 is 1.03 bits per heavy atom. The molecule has 4 aromatic rings. The van der Waals surface area contributed by atoms with Crippen molar-refractivity contribution < 1.29 is 9.59 Å². The topological polar surface area (TPSA) is 77.5 Å². The summed E-state index contributed by atoms with van der Waals surface area (Å²) in [4.78, 5) is 39.8. The molecule has 35 heavy (non-hydrogen) atoms. The van der Waals surface area contributed by atoms with Gasteiger partial charge in [-0.2, -0.15) is 0 Å². The Hall–Kier alpha value is -3.62. The second kappa shape index (κ2) is 10.3. The molecular formula is C26H27ClN6O2. The van der Waals surface area contributed by atoms with Crippen LogP contribution in [0.1, 0.15) is 10.4 Å². The summed E-state index contributed by atoms with van der Waals surface area (Å²) in [6.45, 7) is 4.55. The molecule has 2 amide bonds. The average Bonchev–Trinajstić information content (AvgIpc) is 3.58. The van der Waals surface area contributed by atoms with Crippen molar-refractivity contribution in [3.63, 3.8) is 0 Å². The molecule has 2 aromatic carbocycles. The zero-order chi connectivity index (χ0) is 24.2. The predicted molar refractivity (Wildman–Crippen MR) is 137 cm³/mol. The third-order valence-corrected chi connectivity index (χ3v) is 6.76. The quantitative estimate of drug-likeness (QED) is 0.430. The number of H-pyrrole nitrogens is 1. The van der Waals surface area contributed by atoms with Crippen LogP contribution in [0.25, 0.3) is 10.9 Å². The fraction of sp³-hybridized carbons (Fsp3) is 0.269. The number of aromatic amines is 1. The second-order valence-corrected chi connectivity index (χ2v) is 9.05. The lowest BCUT2D eigenvalue weighted by molar-refractivity contribution is -0.131. The number of piperazine rings is 1. The van der Waals surface area contributed by atoms with Crippen LogP contribution in [0.2, 0.25) is 5.02 Å². The lowest BCUT2D eigenvalue weighted by Crippen LogP contribution is -2.52. The predicted octanol–water partition coefficient (Wildman–Crippen LogP) is 3.51. The van der Waals surface area contributed by atoms with E-state index in [-0.39, 0.29) is 18.4 Å². The normalized spacial score (nSPS) is 14.4. The Balaban J connectivity index is 1.28.